The molecule has 2 aromatic heterocycles. The van der Waals surface area contributed by atoms with Crippen molar-refractivity contribution < 1.29 is 4.79 Å². The molecule has 5 rings (SSSR count). The van der Waals surface area contributed by atoms with Crippen LogP contribution in [0.4, 0.5) is 5.82 Å². The van der Waals surface area contributed by atoms with Gasteiger partial charge in [0.2, 0.25) is 0 Å². The topological polar surface area (TPSA) is 67.2 Å². The number of hydrogen-bond acceptors (Lipinski definition) is 5. The van der Waals surface area contributed by atoms with Gasteiger partial charge in [0.05, 0.1) is 5.69 Å². The van der Waals surface area contributed by atoms with Crippen LogP contribution < -0.4 is 4.90 Å². The number of rotatable bonds is 4. The van der Waals surface area contributed by atoms with Crippen LogP contribution >= 0.6 is 23.2 Å². The van der Waals surface area contributed by atoms with Crippen molar-refractivity contribution in [3.63, 3.8) is 0 Å². The number of anilines is 1. The first kappa shape index (κ1) is 22.6. The number of fused-ring (bicyclic) bond motifs is 1. The summed E-state index contributed by atoms with van der Waals surface area (Å²) in [5.74, 6) is 0.796. The van der Waals surface area contributed by atoms with Crippen LogP contribution in [0.15, 0.2) is 54.7 Å². The van der Waals surface area contributed by atoms with Crippen molar-refractivity contribution >= 4 is 45.7 Å². The third kappa shape index (κ3) is 4.21. The highest BCUT2D eigenvalue weighted by Gasteiger charge is 2.28. The maximum Gasteiger partial charge on any atom is 0.253 e. The standard InChI is InChI=1S/C25H24Cl2N6O/c1-31(25(34)16-13-17(26)15-18(27)14-16)19-8-11-33(12-9-19)24-21-6-4-3-5-20(21)23(29-30-24)22-7-10-28-32(22)2/h3-7,10,13-15,19H,8-9,11-12H2,1-2H3. The number of aryl methyl sites for hydroxylation is 1. The van der Waals surface area contributed by atoms with E-state index in [-0.39, 0.29) is 11.9 Å². The Morgan fingerprint density at radius 1 is 1.00 bits per heavy atom. The van der Waals surface area contributed by atoms with Gasteiger partial charge in [-0.25, -0.2) is 0 Å². The van der Waals surface area contributed by atoms with E-state index in [9.17, 15) is 4.79 Å². The average Bonchev–Trinajstić information content (AvgIpc) is 3.27. The molecule has 0 atom stereocenters. The zero-order valence-corrected chi connectivity index (χ0v) is 20.5. The minimum absolute atomic E-state index is 0.0754. The second-order valence-corrected chi connectivity index (χ2v) is 9.42. The van der Waals surface area contributed by atoms with Gasteiger partial charge in [-0.2, -0.15) is 5.10 Å². The Morgan fingerprint density at radius 2 is 1.68 bits per heavy atom. The van der Waals surface area contributed by atoms with Gasteiger partial charge in [0.15, 0.2) is 5.82 Å². The quantitative estimate of drug-likeness (QED) is 0.395. The Hall–Kier alpha value is -3.16. The maximum absolute atomic E-state index is 13.0. The van der Waals surface area contributed by atoms with Crippen molar-refractivity contribution in [2.75, 3.05) is 25.0 Å². The molecular formula is C25H24Cl2N6O. The summed E-state index contributed by atoms with van der Waals surface area (Å²) in [5, 5.41) is 16.5. The third-order valence-electron chi connectivity index (χ3n) is 6.47. The molecule has 2 aromatic carbocycles. The molecule has 1 aliphatic rings. The lowest BCUT2D eigenvalue weighted by Crippen LogP contribution is -2.46. The molecule has 174 valence electrons. The van der Waals surface area contributed by atoms with Crippen molar-refractivity contribution in [2.24, 2.45) is 7.05 Å². The Kier molecular flexibility index (Phi) is 6.15. The minimum atomic E-state index is -0.0754. The Bertz CT molecular complexity index is 1340. The number of carbonyl (C=O) groups is 1. The molecule has 0 unspecified atom stereocenters. The van der Waals surface area contributed by atoms with E-state index in [1.54, 1.807) is 29.3 Å². The van der Waals surface area contributed by atoms with Crippen LogP contribution in [-0.4, -0.2) is 57.0 Å². The zero-order chi connectivity index (χ0) is 23.8. The number of hydrogen-bond donors (Lipinski definition) is 0. The maximum atomic E-state index is 13.0. The SMILES string of the molecule is CN(C(=O)c1cc(Cl)cc(Cl)c1)C1CCN(c2nnc(-c3ccnn3C)c3ccccc23)CC1. The normalized spacial score (nSPS) is 14.5. The number of piperidine rings is 1. The van der Waals surface area contributed by atoms with E-state index in [0.29, 0.717) is 15.6 Å². The molecule has 1 saturated heterocycles. The first-order valence-electron chi connectivity index (χ1n) is 11.1. The second-order valence-electron chi connectivity index (χ2n) is 8.55. The molecule has 1 amide bonds. The van der Waals surface area contributed by atoms with Crippen molar-refractivity contribution in [3.8, 4) is 11.4 Å². The summed E-state index contributed by atoms with van der Waals surface area (Å²) in [4.78, 5) is 17.1. The predicted octanol–water partition coefficient (Wildman–Crippen LogP) is 5.08. The molecule has 3 heterocycles. The lowest BCUT2D eigenvalue weighted by Gasteiger charge is -2.37. The monoisotopic (exact) mass is 494 g/mol. The van der Waals surface area contributed by atoms with Gasteiger partial charge in [-0.05, 0) is 37.1 Å². The summed E-state index contributed by atoms with van der Waals surface area (Å²) in [5.41, 5.74) is 2.25. The number of nitrogens with zero attached hydrogens (tertiary/aromatic N) is 6. The van der Waals surface area contributed by atoms with Crippen LogP contribution in [0.25, 0.3) is 22.2 Å². The van der Waals surface area contributed by atoms with Crippen molar-refractivity contribution in [1.82, 2.24) is 24.9 Å². The number of carbonyl (C=O) groups excluding carboxylic acids is 1. The zero-order valence-electron chi connectivity index (χ0n) is 18.9. The summed E-state index contributed by atoms with van der Waals surface area (Å²) >= 11 is 12.2. The van der Waals surface area contributed by atoms with E-state index in [4.69, 9.17) is 23.2 Å². The fraction of sp³-hybridized carbons (Fsp3) is 0.280. The van der Waals surface area contributed by atoms with Crippen LogP contribution in [-0.2, 0) is 7.05 Å². The number of amides is 1. The highest BCUT2D eigenvalue weighted by atomic mass is 35.5. The van der Waals surface area contributed by atoms with Crippen LogP contribution in [0.1, 0.15) is 23.2 Å². The van der Waals surface area contributed by atoms with Crippen LogP contribution in [0.2, 0.25) is 10.0 Å². The summed E-state index contributed by atoms with van der Waals surface area (Å²) in [6.07, 6.45) is 3.42. The van der Waals surface area contributed by atoms with Gasteiger partial charge in [0, 0.05) is 65.8 Å². The molecule has 0 aliphatic carbocycles. The number of benzene rings is 2. The largest absolute Gasteiger partial charge is 0.354 e. The first-order chi connectivity index (χ1) is 16.4. The van der Waals surface area contributed by atoms with E-state index in [1.165, 1.54) is 0 Å². The van der Waals surface area contributed by atoms with E-state index in [0.717, 1.165) is 53.9 Å². The lowest BCUT2D eigenvalue weighted by molar-refractivity contribution is 0.0709. The molecule has 1 aliphatic heterocycles. The van der Waals surface area contributed by atoms with Gasteiger partial charge in [-0.15, -0.1) is 10.2 Å². The molecule has 0 N–H and O–H groups in total. The molecule has 34 heavy (non-hydrogen) atoms. The van der Waals surface area contributed by atoms with Crippen LogP contribution in [0.3, 0.4) is 0 Å². The predicted molar refractivity (Wildman–Crippen MR) is 136 cm³/mol. The summed E-state index contributed by atoms with van der Waals surface area (Å²) in [6, 6.07) is 15.2. The molecule has 0 bridgehead atoms. The van der Waals surface area contributed by atoms with Crippen molar-refractivity contribution in [1.29, 1.82) is 0 Å². The fourth-order valence-corrected chi connectivity index (χ4v) is 5.16. The summed E-state index contributed by atoms with van der Waals surface area (Å²) in [6.45, 7) is 1.56. The molecular weight excluding hydrogens is 471 g/mol. The van der Waals surface area contributed by atoms with Crippen LogP contribution in [0.5, 0.6) is 0 Å². The van der Waals surface area contributed by atoms with Crippen molar-refractivity contribution in [3.05, 3.63) is 70.3 Å². The smallest absolute Gasteiger partial charge is 0.253 e. The first-order valence-corrected chi connectivity index (χ1v) is 11.9. The van der Waals surface area contributed by atoms with Crippen molar-refractivity contribution in [2.45, 2.75) is 18.9 Å². The Morgan fingerprint density at radius 3 is 2.32 bits per heavy atom. The third-order valence-corrected chi connectivity index (χ3v) is 6.91. The molecule has 0 saturated carbocycles. The summed E-state index contributed by atoms with van der Waals surface area (Å²) in [7, 11) is 3.75. The molecule has 9 heteroatoms. The van der Waals surface area contributed by atoms with Gasteiger partial charge in [0.25, 0.3) is 5.91 Å². The van der Waals surface area contributed by atoms with Gasteiger partial charge >= 0.3 is 0 Å². The second kappa shape index (κ2) is 9.24. The van der Waals surface area contributed by atoms with E-state index in [1.807, 2.05) is 37.0 Å². The van der Waals surface area contributed by atoms with Gasteiger partial charge in [-0.3, -0.25) is 9.48 Å². The van der Waals surface area contributed by atoms with E-state index < -0.39 is 0 Å². The molecule has 0 radical (unpaired) electrons. The van der Waals surface area contributed by atoms with Crippen LogP contribution in [0, 0.1) is 0 Å². The lowest BCUT2D eigenvalue weighted by atomic mass is 10.0. The highest BCUT2D eigenvalue weighted by molar-refractivity contribution is 6.35. The number of aromatic nitrogens is 4. The average molecular weight is 495 g/mol. The van der Waals surface area contributed by atoms with Gasteiger partial charge in [0.1, 0.15) is 5.69 Å². The van der Waals surface area contributed by atoms with Gasteiger partial charge < -0.3 is 9.80 Å². The molecule has 4 aromatic rings. The highest BCUT2D eigenvalue weighted by Crippen LogP contribution is 2.33. The molecule has 1 fully saturated rings. The Balaban J connectivity index is 1.35. The number of halogens is 2. The Labute approximate surface area is 207 Å². The van der Waals surface area contributed by atoms with Gasteiger partial charge in [-0.1, -0.05) is 47.5 Å². The van der Waals surface area contributed by atoms with E-state index >= 15 is 0 Å². The summed E-state index contributed by atoms with van der Waals surface area (Å²) < 4.78 is 1.81. The molecule has 0 spiro atoms. The van der Waals surface area contributed by atoms with E-state index in [2.05, 4.69) is 32.3 Å². The minimum Gasteiger partial charge on any atom is -0.354 e. The fourth-order valence-electron chi connectivity index (χ4n) is 4.63. The molecule has 7 nitrogen and oxygen atoms in total.